The van der Waals surface area contributed by atoms with E-state index in [0.717, 1.165) is 12.1 Å². The molecule has 0 unspecified atom stereocenters. The quantitative estimate of drug-likeness (QED) is 0.382. The van der Waals surface area contributed by atoms with Crippen LogP contribution in [0.15, 0.2) is 34.8 Å². The summed E-state index contributed by atoms with van der Waals surface area (Å²) in [5, 5.41) is 13.3. The molecule has 104 valence electrons. The van der Waals surface area contributed by atoms with Crippen LogP contribution < -0.4 is 11.1 Å². The van der Waals surface area contributed by atoms with Crippen molar-refractivity contribution in [2.75, 3.05) is 11.1 Å². The predicted molar refractivity (Wildman–Crippen MR) is 74.8 cm³/mol. The summed E-state index contributed by atoms with van der Waals surface area (Å²) in [6.07, 6.45) is 0. The first-order valence-corrected chi connectivity index (χ1v) is 6.12. The van der Waals surface area contributed by atoms with E-state index in [9.17, 15) is 18.9 Å². The second-order valence-electron chi connectivity index (χ2n) is 3.94. The van der Waals surface area contributed by atoms with Gasteiger partial charge in [0.25, 0.3) is 5.69 Å². The maximum atomic E-state index is 13.7. The number of nitro benzene ring substituents is 1. The highest BCUT2D eigenvalue weighted by Crippen LogP contribution is 2.29. The predicted octanol–water partition coefficient (Wildman–Crippen LogP) is 3.96. The van der Waals surface area contributed by atoms with E-state index >= 15 is 0 Å². The zero-order valence-corrected chi connectivity index (χ0v) is 11.4. The minimum Gasteiger partial charge on any atom is -0.398 e. The summed E-state index contributed by atoms with van der Waals surface area (Å²) in [5.41, 5.74) is 5.46. The summed E-state index contributed by atoms with van der Waals surface area (Å²) in [6, 6.07) is 5.62. The third-order valence-corrected chi connectivity index (χ3v) is 3.05. The summed E-state index contributed by atoms with van der Waals surface area (Å²) >= 11 is 2.86. The van der Waals surface area contributed by atoms with Gasteiger partial charge in [-0.15, -0.1) is 0 Å². The van der Waals surface area contributed by atoms with Crippen molar-refractivity contribution in [1.29, 1.82) is 0 Å². The van der Waals surface area contributed by atoms with Crippen LogP contribution in [0, 0.1) is 21.7 Å². The molecule has 2 rings (SSSR count). The first-order valence-electron chi connectivity index (χ1n) is 5.33. The van der Waals surface area contributed by atoms with Gasteiger partial charge >= 0.3 is 0 Å². The number of nitrogens with zero attached hydrogens (tertiary/aromatic N) is 1. The number of halogens is 3. The van der Waals surface area contributed by atoms with Crippen molar-refractivity contribution in [2.45, 2.75) is 0 Å². The lowest BCUT2D eigenvalue weighted by Gasteiger charge is -2.09. The van der Waals surface area contributed by atoms with Gasteiger partial charge in [0.2, 0.25) is 0 Å². The highest BCUT2D eigenvalue weighted by atomic mass is 79.9. The van der Waals surface area contributed by atoms with Crippen LogP contribution in [0.5, 0.6) is 0 Å². The number of hydrogen-bond donors (Lipinski definition) is 2. The minimum atomic E-state index is -0.705. The third-order valence-electron chi connectivity index (χ3n) is 2.44. The Morgan fingerprint density at radius 2 is 1.85 bits per heavy atom. The molecule has 0 aliphatic carbocycles. The van der Waals surface area contributed by atoms with Crippen molar-refractivity contribution < 1.29 is 13.7 Å². The topological polar surface area (TPSA) is 81.2 Å². The van der Waals surface area contributed by atoms with Gasteiger partial charge in [0.15, 0.2) is 0 Å². The van der Waals surface area contributed by atoms with Crippen LogP contribution in [0.3, 0.4) is 0 Å². The number of nitrogens with two attached hydrogens (primary N) is 1. The van der Waals surface area contributed by atoms with Gasteiger partial charge in [-0.25, -0.2) is 8.78 Å². The summed E-state index contributed by atoms with van der Waals surface area (Å²) in [6.45, 7) is 0. The molecule has 0 saturated heterocycles. The van der Waals surface area contributed by atoms with E-state index in [1.54, 1.807) is 0 Å². The summed E-state index contributed by atoms with van der Waals surface area (Å²) in [7, 11) is 0. The minimum absolute atomic E-state index is 0.0147. The highest BCUT2D eigenvalue weighted by Gasteiger charge is 2.12. The Balaban J connectivity index is 2.40. The number of nitrogen functional groups attached to an aromatic ring is 1. The molecule has 0 radical (unpaired) electrons. The van der Waals surface area contributed by atoms with E-state index in [-0.39, 0.29) is 27.2 Å². The third kappa shape index (κ3) is 3.02. The lowest BCUT2D eigenvalue weighted by molar-refractivity contribution is -0.384. The first kappa shape index (κ1) is 14.2. The van der Waals surface area contributed by atoms with E-state index in [4.69, 9.17) is 5.73 Å². The largest absolute Gasteiger partial charge is 0.398 e. The van der Waals surface area contributed by atoms with Crippen LogP contribution >= 0.6 is 15.9 Å². The lowest BCUT2D eigenvalue weighted by atomic mass is 10.2. The summed E-state index contributed by atoms with van der Waals surface area (Å²) in [4.78, 5) is 10.1. The van der Waals surface area contributed by atoms with Gasteiger partial charge in [-0.2, -0.15) is 0 Å². The molecule has 3 N–H and O–H groups in total. The normalized spacial score (nSPS) is 10.3. The number of nitro groups is 1. The van der Waals surface area contributed by atoms with E-state index < -0.39 is 16.6 Å². The van der Waals surface area contributed by atoms with Crippen LogP contribution in [0.25, 0.3) is 0 Å². The fourth-order valence-electron chi connectivity index (χ4n) is 1.59. The molecule has 0 saturated carbocycles. The second kappa shape index (κ2) is 5.41. The molecule has 0 aromatic heterocycles. The van der Waals surface area contributed by atoms with Crippen molar-refractivity contribution in [3.63, 3.8) is 0 Å². The SMILES string of the molecule is Nc1cc(Nc2cc(F)c(Br)cc2F)cc([N+](=O)[O-])c1. The number of non-ortho nitro benzene ring substituents is 1. The molecule has 0 aliphatic rings. The Morgan fingerprint density at radius 3 is 2.50 bits per heavy atom. The zero-order chi connectivity index (χ0) is 14.9. The molecule has 0 fully saturated rings. The van der Waals surface area contributed by atoms with E-state index in [2.05, 4.69) is 21.2 Å². The van der Waals surface area contributed by atoms with Crippen LogP contribution in [0.4, 0.5) is 31.5 Å². The van der Waals surface area contributed by atoms with Crippen molar-refractivity contribution in [3.05, 3.63) is 56.6 Å². The Kier molecular flexibility index (Phi) is 3.84. The number of anilines is 3. The van der Waals surface area contributed by atoms with Gasteiger partial charge in [-0.05, 0) is 28.1 Å². The van der Waals surface area contributed by atoms with Crippen molar-refractivity contribution >= 4 is 38.7 Å². The van der Waals surface area contributed by atoms with Crippen LogP contribution in [0.1, 0.15) is 0 Å². The van der Waals surface area contributed by atoms with Crippen molar-refractivity contribution in [2.24, 2.45) is 0 Å². The number of benzene rings is 2. The molecule has 5 nitrogen and oxygen atoms in total. The fraction of sp³-hybridized carbons (Fsp3) is 0. The lowest BCUT2D eigenvalue weighted by Crippen LogP contribution is -1.98. The van der Waals surface area contributed by atoms with E-state index in [1.807, 2.05) is 0 Å². The maximum absolute atomic E-state index is 13.7. The van der Waals surface area contributed by atoms with Gasteiger partial charge in [0.05, 0.1) is 15.1 Å². The van der Waals surface area contributed by atoms with Crippen molar-refractivity contribution in [3.8, 4) is 0 Å². The molecule has 0 atom stereocenters. The molecule has 0 spiro atoms. The van der Waals surface area contributed by atoms with E-state index in [0.29, 0.717) is 0 Å². The van der Waals surface area contributed by atoms with E-state index in [1.165, 1.54) is 18.2 Å². The van der Waals surface area contributed by atoms with Crippen LogP contribution in [-0.2, 0) is 0 Å². The molecule has 0 bridgehead atoms. The Labute approximate surface area is 120 Å². The molecule has 8 heteroatoms. The van der Waals surface area contributed by atoms with Gasteiger partial charge in [-0.3, -0.25) is 10.1 Å². The average molecular weight is 344 g/mol. The summed E-state index contributed by atoms with van der Waals surface area (Å²) < 4.78 is 27.0. The monoisotopic (exact) mass is 343 g/mol. The second-order valence-corrected chi connectivity index (χ2v) is 4.80. The Bertz CT molecular complexity index is 695. The standard InChI is InChI=1S/C12H8BrF2N3O2/c13-9-4-11(15)12(5-10(9)14)17-7-1-6(16)2-8(3-7)18(19)20/h1-5,17H,16H2. The molecule has 0 aliphatic heterocycles. The van der Waals surface area contributed by atoms with Gasteiger partial charge in [0, 0.05) is 29.6 Å². The average Bonchev–Trinajstić information content (AvgIpc) is 2.35. The van der Waals surface area contributed by atoms with Gasteiger partial charge < -0.3 is 11.1 Å². The van der Waals surface area contributed by atoms with Gasteiger partial charge in [-0.1, -0.05) is 0 Å². The van der Waals surface area contributed by atoms with Crippen LogP contribution in [0.2, 0.25) is 0 Å². The molecule has 2 aromatic carbocycles. The summed E-state index contributed by atoms with van der Waals surface area (Å²) in [5.74, 6) is -1.37. The Hall–Kier alpha value is -2.22. The fourth-order valence-corrected chi connectivity index (χ4v) is 1.90. The first-order chi connectivity index (χ1) is 9.36. The molecule has 0 amide bonds. The smallest absolute Gasteiger partial charge is 0.273 e. The molecule has 20 heavy (non-hydrogen) atoms. The number of rotatable bonds is 3. The molecular weight excluding hydrogens is 336 g/mol. The van der Waals surface area contributed by atoms with Crippen molar-refractivity contribution in [1.82, 2.24) is 0 Å². The van der Waals surface area contributed by atoms with Crippen LogP contribution in [-0.4, -0.2) is 4.92 Å². The maximum Gasteiger partial charge on any atom is 0.273 e. The number of hydrogen-bond acceptors (Lipinski definition) is 4. The number of nitrogens with one attached hydrogen (secondary N) is 1. The zero-order valence-electron chi connectivity index (χ0n) is 9.86. The highest BCUT2D eigenvalue weighted by molar-refractivity contribution is 9.10. The Morgan fingerprint density at radius 1 is 1.15 bits per heavy atom. The van der Waals surface area contributed by atoms with Gasteiger partial charge in [0.1, 0.15) is 11.6 Å². The molecular formula is C12H8BrF2N3O2. The molecule has 2 aromatic rings. The molecule has 0 heterocycles.